The van der Waals surface area contributed by atoms with Crippen LogP contribution in [0.3, 0.4) is 0 Å². The molecule has 1 aromatic heterocycles. The standard InChI is InChI=1S/C14H20F3NO2/c1-13(2,3)10-5-6-12(14(15,16)17)18-11(10)9-20-8-7-19-4/h5-6H,7-9H2,1-4H3. The molecule has 0 aliphatic heterocycles. The lowest BCUT2D eigenvalue weighted by Gasteiger charge is -2.23. The highest BCUT2D eigenvalue weighted by molar-refractivity contribution is 5.30. The van der Waals surface area contributed by atoms with Crippen LogP contribution in [-0.4, -0.2) is 25.3 Å². The first-order valence-electron chi connectivity index (χ1n) is 6.30. The third-order valence-electron chi connectivity index (χ3n) is 2.74. The van der Waals surface area contributed by atoms with Crippen molar-refractivity contribution in [3.8, 4) is 0 Å². The van der Waals surface area contributed by atoms with Crippen LogP contribution >= 0.6 is 0 Å². The summed E-state index contributed by atoms with van der Waals surface area (Å²) in [7, 11) is 1.53. The molecule has 0 aromatic carbocycles. The fraction of sp³-hybridized carbons (Fsp3) is 0.643. The number of aromatic nitrogens is 1. The van der Waals surface area contributed by atoms with Crippen LogP contribution in [0.1, 0.15) is 37.7 Å². The monoisotopic (exact) mass is 291 g/mol. The van der Waals surface area contributed by atoms with Crippen LogP contribution in [0.4, 0.5) is 13.2 Å². The maximum atomic E-state index is 12.7. The normalized spacial score (nSPS) is 12.8. The minimum atomic E-state index is -4.45. The molecule has 0 aliphatic rings. The predicted octanol–water partition coefficient (Wildman–Crippen LogP) is 3.56. The van der Waals surface area contributed by atoms with Crippen molar-refractivity contribution >= 4 is 0 Å². The molecule has 114 valence electrons. The van der Waals surface area contributed by atoms with Gasteiger partial charge in [-0.15, -0.1) is 0 Å². The van der Waals surface area contributed by atoms with Crippen LogP contribution in [0, 0.1) is 0 Å². The molecule has 0 fully saturated rings. The fourth-order valence-corrected chi connectivity index (χ4v) is 1.76. The van der Waals surface area contributed by atoms with E-state index in [1.807, 2.05) is 20.8 Å². The highest BCUT2D eigenvalue weighted by Gasteiger charge is 2.33. The highest BCUT2D eigenvalue weighted by atomic mass is 19.4. The molecule has 3 nitrogen and oxygen atoms in total. The molecule has 0 bridgehead atoms. The lowest BCUT2D eigenvalue weighted by atomic mass is 9.85. The van der Waals surface area contributed by atoms with Crippen molar-refractivity contribution in [3.63, 3.8) is 0 Å². The summed E-state index contributed by atoms with van der Waals surface area (Å²) in [6.07, 6.45) is -4.45. The number of alkyl halides is 3. The van der Waals surface area contributed by atoms with Crippen LogP contribution in [0.25, 0.3) is 0 Å². The molecule has 0 unspecified atom stereocenters. The zero-order chi connectivity index (χ0) is 15.4. The van der Waals surface area contributed by atoms with Crippen molar-refractivity contribution in [2.24, 2.45) is 0 Å². The van der Waals surface area contributed by atoms with Crippen molar-refractivity contribution in [3.05, 3.63) is 29.1 Å². The molecule has 1 rings (SSSR count). The summed E-state index contributed by atoms with van der Waals surface area (Å²) in [6.45, 7) is 6.53. The summed E-state index contributed by atoms with van der Waals surface area (Å²) in [6, 6.07) is 2.49. The molecule has 0 saturated carbocycles. The average Bonchev–Trinajstić information content (AvgIpc) is 2.32. The number of pyridine rings is 1. The largest absolute Gasteiger partial charge is 0.433 e. The third-order valence-corrected chi connectivity index (χ3v) is 2.74. The van der Waals surface area contributed by atoms with Crippen molar-refractivity contribution in [1.82, 2.24) is 4.98 Å². The predicted molar refractivity (Wildman–Crippen MR) is 69.5 cm³/mol. The highest BCUT2D eigenvalue weighted by Crippen LogP contribution is 2.31. The lowest BCUT2D eigenvalue weighted by molar-refractivity contribution is -0.141. The molecule has 1 aromatic rings. The number of rotatable bonds is 5. The van der Waals surface area contributed by atoms with Crippen LogP contribution in [0.5, 0.6) is 0 Å². The number of halogens is 3. The van der Waals surface area contributed by atoms with E-state index in [-0.39, 0.29) is 12.0 Å². The van der Waals surface area contributed by atoms with Gasteiger partial charge in [-0.2, -0.15) is 13.2 Å². The van der Waals surface area contributed by atoms with E-state index in [0.29, 0.717) is 18.9 Å². The Labute approximate surface area is 117 Å². The van der Waals surface area contributed by atoms with Gasteiger partial charge in [-0.3, -0.25) is 0 Å². The van der Waals surface area contributed by atoms with E-state index < -0.39 is 11.9 Å². The maximum absolute atomic E-state index is 12.7. The number of nitrogens with zero attached hydrogens (tertiary/aromatic N) is 1. The molecule has 20 heavy (non-hydrogen) atoms. The average molecular weight is 291 g/mol. The van der Waals surface area contributed by atoms with Crippen LogP contribution < -0.4 is 0 Å². The van der Waals surface area contributed by atoms with Crippen molar-refractivity contribution in [1.29, 1.82) is 0 Å². The molecule has 0 saturated heterocycles. The Morgan fingerprint density at radius 2 is 1.75 bits per heavy atom. The van der Waals surface area contributed by atoms with E-state index in [1.54, 1.807) is 0 Å². The van der Waals surface area contributed by atoms with Crippen LogP contribution in [0.2, 0.25) is 0 Å². The number of ether oxygens (including phenoxy) is 2. The number of hydrogen-bond donors (Lipinski definition) is 0. The topological polar surface area (TPSA) is 31.4 Å². The van der Waals surface area contributed by atoms with E-state index in [1.165, 1.54) is 13.2 Å². The second kappa shape index (κ2) is 6.54. The third kappa shape index (κ3) is 4.76. The molecule has 0 atom stereocenters. The van der Waals surface area contributed by atoms with Crippen molar-refractivity contribution < 1.29 is 22.6 Å². The second-order valence-electron chi connectivity index (χ2n) is 5.48. The molecule has 0 N–H and O–H groups in total. The van der Waals surface area contributed by atoms with Gasteiger partial charge in [-0.1, -0.05) is 26.8 Å². The minimum Gasteiger partial charge on any atom is -0.382 e. The first kappa shape index (κ1) is 16.9. The van der Waals surface area contributed by atoms with Crippen LogP contribution in [-0.2, 0) is 27.7 Å². The molecular weight excluding hydrogens is 271 g/mol. The van der Waals surface area contributed by atoms with Crippen LogP contribution in [0.15, 0.2) is 12.1 Å². The molecule has 6 heteroatoms. The van der Waals surface area contributed by atoms with Gasteiger partial charge in [0.25, 0.3) is 0 Å². The summed E-state index contributed by atoms with van der Waals surface area (Å²) < 4.78 is 48.3. The molecule has 0 spiro atoms. The zero-order valence-corrected chi connectivity index (χ0v) is 12.2. The van der Waals surface area contributed by atoms with Crippen molar-refractivity contribution in [2.75, 3.05) is 20.3 Å². The van der Waals surface area contributed by atoms with Gasteiger partial charge in [0.15, 0.2) is 0 Å². The van der Waals surface area contributed by atoms with Gasteiger partial charge in [0.2, 0.25) is 0 Å². The Hall–Kier alpha value is -1.14. The Bertz CT molecular complexity index is 439. The summed E-state index contributed by atoms with van der Waals surface area (Å²) in [5.41, 5.74) is -0.112. The zero-order valence-electron chi connectivity index (χ0n) is 12.2. The Kier molecular flexibility index (Phi) is 5.53. The van der Waals surface area contributed by atoms with Gasteiger partial charge in [-0.25, -0.2) is 4.98 Å². The SMILES string of the molecule is COCCOCc1nc(C(F)(F)F)ccc1C(C)(C)C. The summed E-state index contributed by atoms with van der Waals surface area (Å²) in [4.78, 5) is 3.72. The van der Waals surface area contributed by atoms with Gasteiger partial charge < -0.3 is 9.47 Å². The number of methoxy groups -OCH3 is 1. The van der Waals surface area contributed by atoms with E-state index in [2.05, 4.69) is 4.98 Å². The fourth-order valence-electron chi connectivity index (χ4n) is 1.76. The summed E-state index contributed by atoms with van der Waals surface area (Å²) in [5, 5.41) is 0. The molecule has 0 radical (unpaired) electrons. The lowest BCUT2D eigenvalue weighted by Crippen LogP contribution is -2.19. The minimum absolute atomic E-state index is 0.0416. The molecule has 1 heterocycles. The Balaban J connectivity index is 3.01. The van der Waals surface area contributed by atoms with E-state index in [9.17, 15) is 13.2 Å². The van der Waals surface area contributed by atoms with E-state index >= 15 is 0 Å². The van der Waals surface area contributed by atoms with Gasteiger partial charge in [-0.05, 0) is 17.0 Å². The molecule has 0 amide bonds. The first-order chi connectivity index (χ1) is 9.16. The van der Waals surface area contributed by atoms with E-state index in [4.69, 9.17) is 9.47 Å². The molecule has 0 aliphatic carbocycles. The van der Waals surface area contributed by atoms with E-state index in [0.717, 1.165) is 11.6 Å². The van der Waals surface area contributed by atoms with Gasteiger partial charge in [0.05, 0.1) is 25.5 Å². The smallest absolute Gasteiger partial charge is 0.382 e. The quantitative estimate of drug-likeness (QED) is 0.777. The summed E-state index contributed by atoms with van der Waals surface area (Å²) in [5.74, 6) is 0. The maximum Gasteiger partial charge on any atom is 0.433 e. The Morgan fingerprint density at radius 3 is 2.25 bits per heavy atom. The summed E-state index contributed by atoms with van der Waals surface area (Å²) >= 11 is 0. The molecular formula is C14H20F3NO2. The van der Waals surface area contributed by atoms with Gasteiger partial charge in [0.1, 0.15) is 5.69 Å². The first-order valence-corrected chi connectivity index (χ1v) is 6.30. The number of hydrogen-bond acceptors (Lipinski definition) is 3. The second-order valence-corrected chi connectivity index (χ2v) is 5.48. The van der Waals surface area contributed by atoms with Crippen molar-refractivity contribution in [2.45, 2.75) is 39.0 Å². The Morgan fingerprint density at radius 1 is 1.10 bits per heavy atom. The van der Waals surface area contributed by atoms with Gasteiger partial charge in [0, 0.05) is 7.11 Å². The van der Waals surface area contributed by atoms with Gasteiger partial charge >= 0.3 is 6.18 Å².